The van der Waals surface area contributed by atoms with Crippen molar-refractivity contribution in [2.75, 3.05) is 4.72 Å². The number of halogens is 2. The molecule has 0 saturated carbocycles. The van der Waals surface area contributed by atoms with Gasteiger partial charge < -0.3 is 10.0 Å². The van der Waals surface area contributed by atoms with Crippen LogP contribution >= 0.6 is 46.3 Å². The molecule has 2 aromatic rings. The maximum absolute atomic E-state index is 13.2. The normalized spacial score (nSPS) is 15.9. The third-order valence-corrected chi connectivity index (χ3v) is 7.86. The van der Waals surface area contributed by atoms with Gasteiger partial charge in [-0.2, -0.15) is 0 Å². The summed E-state index contributed by atoms with van der Waals surface area (Å²) in [4.78, 5) is 13.1. The van der Waals surface area contributed by atoms with Crippen LogP contribution in [0.4, 0.5) is 5.69 Å². The molecule has 0 spiro atoms. The van der Waals surface area contributed by atoms with E-state index < -0.39 is 15.9 Å². The number of allylic oxidation sites excluding steroid dienone is 2. The van der Waals surface area contributed by atoms with E-state index in [0.717, 1.165) is 9.13 Å². The molecule has 32 heavy (non-hydrogen) atoms. The quantitative estimate of drug-likeness (QED) is 0.323. The first-order valence-electron chi connectivity index (χ1n) is 9.44. The number of fused-ring (bicyclic) bond motifs is 1. The summed E-state index contributed by atoms with van der Waals surface area (Å²) in [5, 5.41) is 3.53. The minimum Gasteiger partial charge on any atom is -0.345 e. The molecule has 0 bridgehead atoms. The number of carbonyl (C=O) groups excluding carboxylic acids is 1. The number of hydrogen-bond acceptors (Lipinski definition) is 6. The summed E-state index contributed by atoms with van der Waals surface area (Å²) in [7, 11) is -3.95. The number of carbonyl (C=O) groups is 1. The lowest BCUT2D eigenvalue weighted by molar-refractivity contribution is 0.0941. The summed E-state index contributed by atoms with van der Waals surface area (Å²) in [6.07, 6.45) is 6.56. The fourth-order valence-electron chi connectivity index (χ4n) is 3.17. The van der Waals surface area contributed by atoms with E-state index in [1.165, 1.54) is 18.2 Å². The van der Waals surface area contributed by atoms with Gasteiger partial charge in [-0.15, -0.1) is 0 Å². The number of rotatable bonds is 6. The molecule has 2 aliphatic rings. The molecule has 0 radical (unpaired) electrons. The van der Waals surface area contributed by atoms with Crippen LogP contribution < -0.4 is 14.8 Å². The predicted molar refractivity (Wildman–Crippen MR) is 137 cm³/mol. The Kier molecular flexibility index (Phi) is 6.75. The second-order valence-corrected chi connectivity index (χ2v) is 11.1. The smallest absolute Gasteiger partial charge is 0.264 e. The van der Waals surface area contributed by atoms with E-state index >= 15 is 0 Å². The minimum atomic E-state index is -3.95. The molecule has 166 valence electrons. The molecule has 11 heteroatoms. The standard InChI is InChI=1S/C21H18ClIN4O3S2/c1-13(14-4-6-15(22)7-5-14)25-21(28)17-9-8-16(23)11-18(17)26-32(29,30)20-3-2-10-27-19(20)12-24-31-27/h2-13,24,26H,1H3,(H,25,28). The third kappa shape index (κ3) is 4.92. The highest BCUT2D eigenvalue weighted by atomic mass is 127. The zero-order valence-electron chi connectivity index (χ0n) is 16.7. The number of amides is 1. The lowest BCUT2D eigenvalue weighted by atomic mass is 10.1. The van der Waals surface area contributed by atoms with E-state index in [9.17, 15) is 13.2 Å². The van der Waals surface area contributed by atoms with Crippen LogP contribution in [0, 0.1) is 3.57 Å². The van der Waals surface area contributed by atoms with Crippen LogP contribution in [0.1, 0.15) is 28.9 Å². The molecule has 0 aromatic heterocycles. The Balaban J connectivity index is 1.59. The summed E-state index contributed by atoms with van der Waals surface area (Å²) in [5.74, 6) is -0.391. The number of anilines is 1. The highest BCUT2D eigenvalue weighted by Gasteiger charge is 2.30. The van der Waals surface area contributed by atoms with Crippen LogP contribution in [0.3, 0.4) is 0 Å². The molecule has 7 nitrogen and oxygen atoms in total. The molecule has 4 rings (SSSR count). The van der Waals surface area contributed by atoms with Gasteiger partial charge in [0.05, 0.1) is 35.1 Å². The van der Waals surface area contributed by atoms with Gasteiger partial charge in [-0.25, -0.2) is 8.42 Å². The van der Waals surface area contributed by atoms with Crippen molar-refractivity contribution in [3.63, 3.8) is 0 Å². The number of sulfonamides is 1. The SMILES string of the molecule is CC(NC(=O)c1ccc(I)cc1NS(=O)(=O)C1=CC=CN2SNC=C12)c1ccc(Cl)cc1. The van der Waals surface area contributed by atoms with Crippen LogP contribution in [0.5, 0.6) is 0 Å². The van der Waals surface area contributed by atoms with E-state index in [2.05, 4.69) is 37.4 Å². The van der Waals surface area contributed by atoms with Gasteiger partial charge in [0.25, 0.3) is 15.9 Å². The summed E-state index contributed by atoms with van der Waals surface area (Å²) in [6.45, 7) is 1.85. The molecular formula is C21H18ClIN4O3S2. The maximum atomic E-state index is 13.2. The molecular weight excluding hydrogens is 583 g/mol. The van der Waals surface area contributed by atoms with E-state index in [4.69, 9.17) is 11.6 Å². The van der Waals surface area contributed by atoms with Crippen molar-refractivity contribution < 1.29 is 13.2 Å². The Morgan fingerprint density at radius 3 is 2.72 bits per heavy atom. The highest BCUT2D eigenvalue weighted by molar-refractivity contribution is 14.1. The van der Waals surface area contributed by atoms with Gasteiger partial charge in [-0.05, 0) is 77.6 Å². The van der Waals surface area contributed by atoms with Crippen molar-refractivity contribution in [1.82, 2.24) is 14.3 Å². The second-order valence-electron chi connectivity index (χ2n) is 6.98. The van der Waals surface area contributed by atoms with Gasteiger partial charge in [0, 0.05) is 21.0 Å². The zero-order chi connectivity index (χ0) is 22.9. The monoisotopic (exact) mass is 600 g/mol. The van der Waals surface area contributed by atoms with E-state index in [-0.39, 0.29) is 22.2 Å². The Morgan fingerprint density at radius 2 is 1.97 bits per heavy atom. The summed E-state index contributed by atoms with van der Waals surface area (Å²) < 4.78 is 34.4. The lowest BCUT2D eigenvalue weighted by Gasteiger charge is -2.21. The fourth-order valence-corrected chi connectivity index (χ4v) is 5.76. The molecule has 0 saturated heterocycles. The fraction of sp³-hybridized carbons (Fsp3) is 0.0952. The van der Waals surface area contributed by atoms with Crippen molar-refractivity contribution >= 4 is 67.9 Å². The van der Waals surface area contributed by atoms with Crippen LogP contribution in [0.25, 0.3) is 0 Å². The van der Waals surface area contributed by atoms with Gasteiger partial charge >= 0.3 is 0 Å². The second kappa shape index (κ2) is 9.38. The Hall–Kier alpha value is -2.15. The van der Waals surface area contributed by atoms with Crippen LogP contribution in [0.2, 0.25) is 5.02 Å². The summed E-state index contributed by atoms with van der Waals surface area (Å²) in [5.41, 5.74) is 1.83. The number of nitrogens with one attached hydrogen (secondary N) is 3. The van der Waals surface area contributed by atoms with Gasteiger partial charge in [-0.3, -0.25) is 13.8 Å². The average Bonchev–Trinajstić information content (AvgIpc) is 3.22. The molecule has 2 aliphatic heterocycles. The molecule has 2 heterocycles. The van der Waals surface area contributed by atoms with E-state index in [1.54, 1.807) is 53.1 Å². The molecule has 1 atom stereocenters. The molecule has 1 amide bonds. The Bertz CT molecular complexity index is 1260. The Morgan fingerprint density at radius 1 is 1.22 bits per heavy atom. The third-order valence-electron chi connectivity index (χ3n) is 4.78. The van der Waals surface area contributed by atoms with Gasteiger partial charge in [-0.1, -0.05) is 23.7 Å². The van der Waals surface area contributed by atoms with Crippen molar-refractivity contribution in [1.29, 1.82) is 0 Å². The molecule has 2 aromatic carbocycles. The number of nitrogens with zero attached hydrogens (tertiary/aromatic N) is 1. The van der Waals surface area contributed by atoms with E-state index in [0.29, 0.717) is 10.7 Å². The number of benzene rings is 2. The lowest BCUT2D eigenvalue weighted by Crippen LogP contribution is -2.28. The largest absolute Gasteiger partial charge is 0.345 e. The van der Waals surface area contributed by atoms with Crippen molar-refractivity contribution in [3.8, 4) is 0 Å². The highest BCUT2D eigenvalue weighted by Crippen LogP contribution is 2.34. The van der Waals surface area contributed by atoms with Crippen LogP contribution in [-0.2, 0) is 10.0 Å². The molecule has 0 aliphatic carbocycles. The summed E-state index contributed by atoms with van der Waals surface area (Å²) >= 11 is 9.28. The average molecular weight is 601 g/mol. The predicted octanol–water partition coefficient (Wildman–Crippen LogP) is 4.90. The zero-order valence-corrected chi connectivity index (χ0v) is 21.2. The van der Waals surface area contributed by atoms with Crippen LogP contribution in [-0.4, -0.2) is 18.6 Å². The van der Waals surface area contributed by atoms with Crippen molar-refractivity contribution in [3.05, 3.63) is 97.3 Å². The molecule has 3 N–H and O–H groups in total. The van der Waals surface area contributed by atoms with Crippen LogP contribution in [0.15, 0.2) is 77.6 Å². The molecule has 1 unspecified atom stereocenters. The van der Waals surface area contributed by atoms with Gasteiger partial charge in [0.15, 0.2) is 0 Å². The topological polar surface area (TPSA) is 90.5 Å². The first-order chi connectivity index (χ1) is 15.2. The minimum absolute atomic E-state index is 0.109. The molecule has 0 fully saturated rings. The number of hydrogen-bond donors (Lipinski definition) is 3. The maximum Gasteiger partial charge on any atom is 0.264 e. The summed E-state index contributed by atoms with van der Waals surface area (Å²) in [6, 6.07) is 11.9. The first kappa shape index (κ1) is 23.0. The van der Waals surface area contributed by atoms with Gasteiger partial charge in [0.1, 0.15) is 4.91 Å². The van der Waals surface area contributed by atoms with Gasteiger partial charge in [0.2, 0.25) is 0 Å². The first-order valence-corrected chi connectivity index (χ1v) is 13.2. The Labute approximate surface area is 209 Å². The van der Waals surface area contributed by atoms with Crippen molar-refractivity contribution in [2.45, 2.75) is 13.0 Å². The van der Waals surface area contributed by atoms with Crippen molar-refractivity contribution in [2.24, 2.45) is 0 Å². The van der Waals surface area contributed by atoms with E-state index in [1.807, 2.05) is 19.1 Å².